The zero-order valence-corrected chi connectivity index (χ0v) is 25.5. The van der Waals surface area contributed by atoms with Gasteiger partial charge in [0.25, 0.3) is 0 Å². The molecule has 42 heavy (non-hydrogen) atoms. The highest BCUT2D eigenvalue weighted by Gasteiger charge is 2.29. The first kappa shape index (κ1) is 28.2. The number of ether oxygens (including phenoxy) is 4. The predicted octanol–water partition coefficient (Wildman–Crippen LogP) is 10.8. The second-order valence-corrected chi connectivity index (χ2v) is 13.5. The lowest BCUT2D eigenvalue weighted by Gasteiger charge is -2.30. The summed E-state index contributed by atoms with van der Waals surface area (Å²) >= 11 is 0. The third kappa shape index (κ3) is 6.19. The lowest BCUT2D eigenvalue weighted by molar-refractivity contribution is 0.148. The molecule has 3 aromatic carbocycles. The van der Waals surface area contributed by atoms with E-state index < -0.39 is 0 Å². The Morgan fingerprint density at radius 3 is 1.00 bits per heavy atom. The molecule has 4 aliphatic rings. The van der Waals surface area contributed by atoms with Gasteiger partial charge in [-0.25, -0.2) is 0 Å². The fourth-order valence-electron chi connectivity index (χ4n) is 8.04. The Kier molecular flexibility index (Phi) is 8.95. The summed E-state index contributed by atoms with van der Waals surface area (Å²) in [6, 6.07) is 13.1. The van der Waals surface area contributed by atoms with Crippen molar-refractivity contribution in [2.45, 2.75) is 153 Å². The molecule has 4 fully saturated rings. The van der Waals surface area contributed by atoms with E-state index in [0.717, 1.165) is 95.9 Å². The maximum absolute atomic E-state index is 7.11. The quantitative estimate of drug-likeness (QED) is 0.252. The van der Waals surface area contributed by atoms with Crippen LogP contribution in [0.15, 0.2) is 36.4 Å². The molecular weight excluding hydrogens is 520 g/mol. The van der Waals surface area contributed by atoms with Crippen LogP contribution in [0.3, 0.4) is 0 Å². The van der Waals surface area contributed by atoms with Gasteiger partial charge in [0.15, 0.2) is 0 Å². The molecule has 3 aromatic rings. The Bertz CT molecular complexity index is 1220. The van der Waals surface area contributed by atoms with Gasteiger partial charge in [0.05, 0.1) is 35.2 Å². The molecule has 0 aromatic heterocycles. The number of fused-ring (bicyclic) bond motifs is 2. The smallest absolute Gasteiger partial charge is 0.139 e. The Morgan fingerprint density at radius 2 is 0.667 bits per heavy atom. The summed E-state index contributed by atoms with van der Waals surface area (Å²) in [4.78, 5) is 0. The molecule has 0 amide bonds. The summed E-state index contributed by atoms with van der Waals surface area (Å²) in [5.74, 6) is 3.87. The first-order chi connectivity index (χ1) is 20.8. The molecular formula is C38H50O4. The Labute approximate surface area is 252 Å². The second-order valence-electron chi connectivity index (χ2n) is 13.5. The van der Waals surface area contributed by atoms with Gasteiger partial charge >= 0.3 is 0 Å². The largest absolute Gasteiger partial charge is 0.490 e. The summed E-state index contributed by atoms with van der Waals surface area (Å²) in [5.41, 5.74) is 0. The molecule has 0 bridgehead atoms. The summed E-state index contributed by atoms with van der Waals surface area (Å²) in [5, 5.41) is 4.43. The van der Waals surface area contributed by atoms with Gasteiger partial charge in [-0.05, 0) is 115 Å². The van der Waals surface area contributed by atoms with Crippen molar-refractivity contribution in [2.75, 3.05) is 0 Å². The second kappa shape index (κ2) is 13.3. The van der Waals surface area contributed by atoms with E-state index in [2.05, 4.69) is 36.4 Å². The monoisotopic (exact) mass is 570 g/mol. The molecule has 0 N–H and O–H groups in total. The lowest BCUT2D eigenvalue weighted by Crippen LogP contribution is -2.23. The molecule has 4 saturated carbocycles. The van der Waals surface area contributed by atoms with Gasteiger partial charge in [0, 0.05) is 10.8 Å². The van der Waals surface area contributed by atoms with E-state index in [1.165, 1.54) is 77.0 Å². The third-order valence-electron chi connectivity index (χ3n) is 10.4. The van der Waals surface area contributed by atoms with Gasteiger partial charge in [-0.1, -0.05) is 49.9 Å². The van der Waals surface area contributed by atoms with Crippen molar-refractivity contribution >= 4 is 21.5 Å². The first-order valence-electron chi connectivity index (χ1n) is 17.5. The van der Waals surface area contributed by atoms with Gasteiger partial charge in [-0.2, -0.15) is 0 Å². The molecule has 7 rings (SSSR count). The molecule has 0 radical (unpaired) electrons. The summed E-state index contributed by atoms with van der Waals surface area (Å²) in [6.45, 7) is 0. The molecule has 0 atom stereocenters. The third-order valence-corrected chi connectivity index (χ3v) is 10.4. The maximum atomic E-state index is 7.11. The van der Waals surface area contributed by atoms with Crippen molar-refractivity contribution in [3.8, 4) is 23.0 Å². The van der Waals surface area contributed by atoms with Crippen molar-refractivity contribution in [3.63, 3.8) is 0 Å². The number of hydrogen-bond acceptors (Lipinski definition) is 4. The van der Waals surface area contributed by atoms with Crippen LogP contribution in [-0.4, -0.2) is 24.4 Å². The molecule has 4 aliphatic carbocycles. The van der Waals surface area contributed by atoms with Crippen LogP contribution in [0.2, 0.25) is 0 Å². The van der Waals surface area contributed by atoms with Crippen molar-refractivity contribution in [3.05, 3.63) is 36.4 Å². The normalized spacial score (nSPS) is 21.9. The van der Waals surface area contributed by atoms with Crippen molar-refractivity contribution in [1.29, 1.82) is 0 Å². The molecule has 0 spiro atoms. The van der Waals surface area contributed by atoms with Crippen LogP contribution >= 0.6 is 0 Å². The van der Waals surface area contributed by atoms with Crippen molar-refractivity contribution in [1.82, 2.24) is 0 Å². The van der Waals surface area contributed by atoms with Gasteiger partial charge < -0.3 is 18.9 Å². The van der Waals surface area contributed by atoms with E-state index >= 15 is 0 Å². The lowest BCUT2D eigenvalue weighted by atomic mass is 9.94. The maximum Gasteiger partial charge on any atom is 0.139 e. The minimum absolute atomic E-state index is 0.237. The van der Waals surface area contributed by atoms with Crippen LogP contribution in [-0.2, 0) is 0 Å². The molecule has 4 heteroatoms. The highest BCUT2D eigenvalue weighted by atomic mass is 16.5. The zero-order chi connectivity index (χ0) is 28.1. The van der Waals surface area contributed by atoms with Crippen LogP contribution < -0.4 is 18.9 Å². The molecule has 4 nitrogen and oxygen atoms in total. The van der Waals surface area contributed by atoms with E-state index in [0.29, 0.717) is 0 Å². The molecule has 0 unspecified atom stereocenters. The first-order valence-corrected chi connectivity index (χ1v) is 17.5. The predicted molar refractivity (Wildman–Crippen MR) is 171 cm³/mol. The van der Waals surface area contributed by atoms with E-state index in [9.17, 15) is 0 Å². The average Bonchev–Trinajstić information content (AvgIpc) is 3.05. The highest BCUT2D eigenvalue weighted by Crippen LogP contribution is 2.51. The Balaban J connectivity index is 1.41. The molecule has 226 valence electrons. The van der Waals surface area contributed by atoms with Crippen LogP contribution in [0.25, 0.3) is 21.5 Å². The van der Waals surface area contributed by atoms with Gasteiger partial charge in [-0.15, -0.1) is 0 Å². The van der Waals surface area contributed by atoms with E-state index in [1.54, 1.807) is 0 Å². The van der Waals surface area contributed by atoms with Crippen LogP contribution in [0.4, 0.5) is 0 Å². The summed E-state index contributed by atoms with van der Waals surface area (Å²) in [7, 11) is 0. The van der Waals surface area contributed by atoms with Gasteiger partial charge in [-0.3, -0.25) is 0 Å². The molecule has 0 aliphatic heterocycles. The van der Waals surface area contributed by atoms with Crippen molar-refractivity contribution < 1.29 is 18.9 Å². The van der Waals surface area contributed by atoms with Gasteiger partial charge in [0.1, 0.15) is 23.0 Å². The highest BCUT2D eigenvalue weighted by molar-refractivity contribution is 6.15. The minimum Gasteiger partial charge on any atom is -0.490 e. The minimum atomic E-state index is 0.237. The van der Waals surface area contributed by atoms with E-state index in [4.69, 9.17) is 18.9 Å². The van der Waals surface area contributed by atoms with Crippen LogP contribution in [0, 0.1) is 0 Å². The number of benzene rings is 3. The fourth-order valence-corrected chi connectivity index (χ4v) is 8.04. The van der Waals surface area contributed by atoms with E-state index in [1.807, 2.05) is 0 Å². The Morgan fingerprint density at radius 1 is 0.357 bits per heavy atom. The summed E-state index contributed by atoms with van der Waals surface area (Å²) in [6.07, 6.45) is 25.2. The topological polar surface area (TPSA) is 36.9 Å². The van der Waals surface area contributed by atoms with Crippen LogP contribution in [0.5, 0.6) is 23.0 Å². The van der Waals surface area contributed by atoms with Gasteiger partial charge in [0.2, 0.25) is 0 Å². The Hall–Kier alpha value is -2.62. The number of rotatable bonds is 8. The fraction of sp³-hybridized carbons (Fsp3) is 0.632. The summed E-state index contributed by atoms with van der Waals surface area (Å²) < 4.78 is 28.0. The SMILES string of the molecule is c1cc(OC2CCCCC2)c2c(OC3CCCCC3)c3cccc(OC4CCCCC4)c3c(OC3CCCCC3)c2c1. The number of hydrogen-bond donors (Lipinski definition) is 0. The average molecular weight is 571 g/mol. The molecule has 0 heterocycles. The zero-order valence-electron chi connectivity index (χ0n) is 25.5. The standard InChI is InChI=1S/C38H50O4/c1-5-15-27(16-6-1)39-33-25-13-23-31-35(33)37(41-29-19-9-3-10-20-29)32-24-14-26-34(40-28-17-7-2-8-18-28)36(32)38(31)42-30-21-11-4-12-22-30/h13-14,23-30H,1-12,15-22H2. The molecule has 0 saturated heterocycles. The van der Waals surface area contributed by atoms with E-state index in [-0.39, 0.29) is 24.4 Å². The van der Waals surface area contributed by atoms with Crippen molar-refractivity contribution in [2.24, 2.45) is 0 Å². The van der Waals surface area contributed by atoms with Crippen LogP contribution in [0.1, 0.15) is 128 Å².